The van der Waals surface area contributed by atoms with E-state index in [0.29, 0.717) is 31.1 Å². The van der Waals surface area contributed by atoms with E-state index in [0.717, 1.165) is 22.6 Å². The second kappa shape index (κ2) is 11.1. The molecule has 32 heavy (non-hydrogen) atoms. The van der Waals surface area contributed by atoms with E-state index in [1.54, 1.807) is 7.11 Å². The normalized spacial score (nSPS) is 17.2. The van der Waals surface area contributed by atoms with Crippen molar-refractivity contribution in [3.63, 3.8) is 0 Å². The number of methoxy groups -OCH3 is 1. The third-order valence-corrected chi connectivity index (χ3v) is 5.52. The van der Waals surface area contributed by atoms with Gasteiger partial charge in [0.15, 0.2) is 0 Å². The molecule has 0 unspecified atom stereocenters. The number of halogens is 1. The molecule has 2 aromatic carbocycles. The molecule has 0 amide bonds. The van der Waals surface area contributed by atoms with E-state index in [-0.39, 0.29) is 18.3 Å². The molecule has 0 spiro atoms. The molecular weight excluding hydrogens is 428 g/mol. The molecule has 0 aliphatic carbocycles. The van der Waals surface area contributed by atoms with E-state index < -0.39 is 6.10 Å². The lowest BCUT2D eigenvalue weighted by atomic mass is 10.0. The number of oxime groups is 1. The van der Waals surface area contributed by atoms with Crippen LogP contribution in [0.1, 0.15) is 38.3 Å². The van der Waals surface area contributed by atoms with Crippen molar-refractivity contribution in [2.45, 2.75) is 51.5 Å². The van der Waals surface area contributed by atoms with Crippen LogP contribution < -0.4 is 4.74 Å². The number of nitrogens with zero attached hydrogens (tertiary/aromatic N) is 2. The van der Waals surface area contributed by atoms with Gasteiger partial charge in [0, 0.05) is 31.1 Å². The Bertz CT molecular complexity index is 896. The Morgan fingerprint density at radius 2 is 1.91 bits per heavy atom. The highest BCUT2D eigenvalue weighted by molar-refractivity contribution is 6.31. The standard InChI is InChI=1S/C25H33ClN2O4/c1-25(2,3)31-17-20(29)15-28(14-19-7-5-6-8-23(19)26)16-22-13-24(27-32-22)18-9-11-21(30-4)12-10-18/h5-12,20,22,29H,13-17H2,1-4H3/t20-,22+/m1/s1. The second-order valence-corrected chi connectivity index (χ2v) is 9.47. The Morgan fingerprint density at radius 3 is 2.56 bits per heavy atom. The summed E-state index contributed by atoms with van der Waals surface area (Å²) < 4.78 is 11.0. The van der Waals surface area contributed by atoms with Crippen LogP contribution in [0, 0.1) is 0 Å². The van der Waals surface area contributed by atoms with Gasteiger partial charge in [-0.05, 0) is 62.2 Å². The molecule has 1 heterocycles. The molecule has 1 N–H and O–H groups in total. The Kier molecular flexibility index (Phi) is 8.54. The van der Waals surface area contributed by atoms with Crippen LogP contribution in [0.4, 0.5) is 0 Å². The topological polar surface area (TPSA) is 63.5 Å². The Labute approximate surface area is 195 Å². The van der Waals surface area contributed by atoms with E-state index in [9.17, 15) is 5.11 Å². The summed E-state index contributed by atoms with van der Waals surface area (Å²) in [5, 5.41) is 15.6. The van der Waals surface area contributed by atoms with Crippen molar-refractivity contribution < 1.29 is 19.4 Å². The number of hydrogen-bond donors (Lipinski definition) is 1. The second-order valence-electron chi connectivity index (χ2n) is 9.06. The number of benzene rings is 2. The van der Waals surface area contributed by atoms with Crippen LogP contribution in [0.25, 0.3) is 0 Å². The van der Waals surface area contributed by atoms with Crippen molar-refractivity contribution in [3.05, 3.63) is 64.7 Å². The Hall–Kier alpha value is -2.12. The van der Waals surface area contributed by atoms with Gasteiger partial charge < -0.3 is 19.4 Å². The van der Waals surface area contributed by atoms with Crippen LogP contribution in [-0.4, -0.2) is 60.3 Å². The minimum Gasteiger partial charge on any atom is -0.497 e. The number of ether oxygens (including phenoxy) is 2. The highest BCUT2D eigenvalue weighted by atomic mass is 35.5. The van der Waals surface area contributed by atoms with Crippen molar-refractivity contribution in [2.24, 2.45) is 5.16 Å². The fourth-order valence-electron chi connectivity index (χ4n) is 3.54. The molecule has 6 nitrogen and oxygen atoms in total. The average Bonchev–Trinajstić information content (AvgIpc) is 3.22. The van der Waals surface area contributed by atoms with Gasteiger partial charge in [-0.25, -0.2) is 0 Å². The van der Waals surface area contributed by atoms with Gasteiger partial charge in [-0.1, -0.05) is 35.0 Å². The fraction of sp³-hybridized carbons (Fsp3) is 0.480. The summed E-state index contributed by atoms with van der Waals surface area (Å²) in [5.74, 6) is 0.808. The summed E-state index contributed by atoms with van der Waals surface area (Å²) in [7, 11) is 1.65. The zero-order chi connectivity index (χ0) is 23.1. The zero-order valence-corrected chi connectivity index (χ0v) is 20.0. The SMILES string of the molecule is COc1ccc(C2=NO[C@H](CN(Cc3ccccc3Cl)C[C@@H](O)COC(C)(C)C)C2)cc1. The number of aliphatic hydroxyl groups is 1. The van der Waals surface area contributed by atoms with Gasteiger partial charge in [0.25, 0.3) is 0 Å². The van der Waals surface area contributed by atoms with Gasteiger partial charge in [-0.3, -0.25) is 4.90 Å². The third kappa shape index (κ3) is 7.48. The molecule has 2 aromatic rings. The molecule has 0 bridgehead atoms. The largest absolute Gasteiger partial charge is 0.497 e. The molecule has 1 aliphatic rings. The highest BCUT2D eigenvalue weighted by Crippen LogP contribution is 2.22. The lowest BCUT2D eigenvalue weighted by Gasteiger charge is -2.29. The van der Waals surface area contributed by atoms with Crippen LogP contribution >= 0.6 is 11.6 Å². The fourth-order valence-corrected chi connectivity index (χ4v) is 3.73. The minimum atomic E-state index is -0.625. The van der Waals surface area contributed by atoms with Crippen LogP contribution in [-0.2, 0) is 16.1 Å². The summed E-state index contributed by atoms with van der Waals surface area (Å²) >= 11 is 6.39. The predicted octanol–water partition coefficient (Wildman–Crippen LogP) is 4.52. The first-order valence-electron chi connectivity index (χ1n) is 10.9. The summed E-state index contributed by atoms with van der Waals surface area (Å²) in [6, 6.07) is 15.6. The van der Waals surface area contributed by atoms with Gasteiger partial charge in [0.1, 0.15) is 11.9 Å². The van der Waals surface area contributed by atoms with E-state index in [2.05, 4.69) is 10.1 Å². The first-order chi connectivity index (χ1) is 15.2. The molecule has 3 rings (SSSR count). The first kappa shape index (κ1) is 24.5. The monoisotopic (exact) mass is 460 g/mol. The maximum absolute atomic E-state index is 10.6. The zero-order valence-electron chi connectivity index (χ0n) is 19.3. The van der Waals surface area contributed by atoms with Gasteiger partial charge in [-0.2, -0.15) is 0 Å². The van der Waals surface area contributed by atoms with Crippen molar-refractivity contribution in [1.29, 1.82) is 0 Å². The predicted molar refractivity (Wildman–Crippen MR) is 127 cm³/mol. The maximum atomic E-state index is 10.6. The van der Waals surface area contributed by atoms with Gasteiger partial charge in [-0.15, -0.1) is 0 Å². The van der Waals surface area contributed by atoms with E-state index in [4.69, 9.17) is 25.9 Å². The lowest BCUT2D eigenvalue weighted by Crippen LogP contribution is -2.40. The molecule has 7 heteroatoms. The molecule has 0 radical (unpaired) electrons. The smallest absolute Gasteiger partial charge is 0.145 e. The minimum absolute atomic E-state index is 0.106. The van der Waals surface area contributed by atoms with E-state index in [1.807, 2.05) is 69.3 Å². The Balaban J connectivity index is 1.63. The molecule has 0 fully saturated rings. The molecule has 174 valence electrons. The number of rotatable bonds is 10. The molecule has 0 saturated carbocycles. The van der Waals surface area contributed by atoms with Crippen LogP contribution in [0.3, 0.4) is 0 Å². The quantitative estimate of drug-likeness (QED) is 0.564. The molecular formula is C25H33ClN2O4. The lowest BCUT2D eigenvalue weighted by molar-refractivity contribution is -0.0600. The average molecular weight is 461 g/mol. The summed E-state index contributed by atoms with van der Waals surface area (Å²) in [4.78, 5) is 7.89. The molecule has 0 saturated heterocycles. The van der Waals surface area contributed by atoms with Gasteiger partial charge in [0.05, 0.1) is 31.1 Å². The molecule has 1 aliphatic heterocycles. The maximum Gasteiger partial charge on any atom is 0.145 e. The highest BCUT2D eigenvalue weighted by Gasteiger charge is 2.26. The summed E-state index contributed by atoms with van der Waals surface area (Å²) in [5.41, 5.74) is 2.63. The van der Waals surface area contributed by atoms with Gasteiger partial charge >= 0.3 is 0 Å². The van der Waals surface area contributed by atoms with Crippen LogP contribution in [0.5, 0.6) is 5.75 Å². The summed E-state index contributed by atoms with van der Waals surface area (Å²) in [6.07, 6.45) is -0.0367. The van der Waals surface area contributed by atoms with Crippen molar-refractivity contribution in [1.82, 2.24) is 4.90 Å². The van der Waals surface area contributed by atoms with Crippen LogP contribution in [0.15, 0.2) is 53.7 Å². The van der Waals surface area contributed by atoms with Crippen molar-refractivity contribution >= 4 is 17.3 Å². The molecule has 0 aromatic heterocycles. The number of hydrogen-bond acceptors (Lipinski definition) is 6. The van der Waals surface area contributed by atoms with E-state index >= 15 is 0 Å². The Morgan fingerprint density at radius 1 is 1.19 bits per heavy atom. The van der Waals surface area contributed by atoms with Crippen molar-refractivity contribution in [2.75, 3.05) is 26.8 Å². The first-order valence-corrected chi connectivity index (χ1v) is 11.3. The molecule has 2 atom stereocenters. The van der Waals surface area contributed by atoms with Gasteiger partial charge in [0.2, 0.25) is 0 Å². The summed E-state index contributed by atoms with van der Waals surface area (Å²) in [6.45, 7) is 7.86. The number of aliphatic hydroxyl groups excluding tert-OH is 1. The van der Waals surface area contributed by atoms with Crippen molar-refractivity contribution in [3.8, 4) is 5.75 Å². The third-order valence-electron chi connectivity index (χ3n) is 5.15. The van der Waals surface area contributed by atoms with E-state index in [1.165, 1.54) is 0 Å². The van der Waals surface area contributed by atoms with Crippen LogP contribution in [0.2, 0.25) is 5.02 Å².